The molecule has 2 nitrogen and oxygen atoms in total. The predicted octanol–water partition coefficient (Wildman–Crippen LogP) is 3.17. The van der Waals surface area contributed by atoms with E-state index in [-0.39, 0.29) is 21.1 Å². The second-order valence-electron chi connectivity index (χ2n) is 3.23. The molecule has 1 aromatic carbocycles. The minimum absolute atomic E-state index is 0.0208. The molecule has 0 spiro atoms. The number of hydrogen-bond donors (Lipinski definition) is 1. The van der Waals surface area contributed by atoms with Crippen LogP contribution in [0.5, 0.6) is 0 Å². The van der Waals surface area contributed by atoms with Crippen molar-refractivity contribution >= 4 is 32.5 Å². The Labute approximate surface area is 93.2 Å². The molecule has 5 heteroatoms. The number of benzene rings is 1. The Hall–Kier alpha value is -1.23. The lowest BCUT2D eigenvalue weighted by atomic mass is 10.1. The smallest absolute Gasteiger partial charge is 0.150 e. The molecule has 0 radical (unpaired) electrons. The van der Waals surface area contributed by atoms with Crippen molar-refractivity contribution in [2.24, 2.45) is 0 Å². The van der Waals surface area contributed by atoms with Gasteiger partial charge in [-0.1, -0.05) is 0 Å². The standard InChI is InChI=1S/C10H7BrF2N2/c1-4-2-7(14)8-9(13)5(11)3-6(12)10(8)15-4/h2-3H,1H3,(H2,14,15). The van der Waals surface area contributed by atoms with Crippen LogP contribution >= 0.6 is 15.9 Å². The van der Waals surface area contributed by atoms with Gasteiger partial charge >= 0.3 is 0 Å². The molecular formula is C10H7BrF2N2. The number of nitrogen functional groups attached to an aromatic ring is 1. The Kier molecular flexibility index (Phi) is 2.34. The van der Waals surface area contributed by atoms with E-state index in [9.17, 15) is 8.78 Å². The molecule has 0 aliphatic carbocycles. The van der Waals surface area contributed by atoms with Crippen molar-refractivity contribution in [3.63, 3.8) is 0 Å². The number of rotatable bonds is 0. The van der Waals surface area contributed by atoms with Crippen LogP contribution in [0.1, 0.15) is 5.69 Å². The van der Waals surface area contributed by atoms with E-state index in [0.29, 0.717) is 5.69 Å². The SMILES string of the molecule is Cc1cc(N)c2c(F)c(Br)cc(F)c2n1. The van der Waals surface area contributed by atoms with E-state index in [4.69, 9.17) is 5.73 Å². The number of nitrogens with zero attached hydrogens (tertiary/aromatic N) is 1. The highest BCUT2D eigenvalue weighted by Crippen LogP contribution is 2.30. The second kappa shape index (κ2) is 3.41. The highest BCUT2D eigenvalue weighted by molar-refractivity contribution is 9.10. The van der Waals surface area contributed by atoms with Crippen LogP contribution in [0.4, 0.5) is 14.5 Å². The van der Waals surface area contributed by atoms with Gasteiger partial charge in [0.25, 0.3) is 0 Å². The first-order valence-electron chi connectivity index (χ1n) is 4.21. The molecule has 2 N–H and O–H groups in total. The summed E-state index contributed by atoms with van der Waals surface area (Å²) in [5, 5.41) is 0.0208. The molecule has 0 atom stereocenters. The molecular weight excluding hydrogens is 266 g/mol. The summed E-state index contributed by atoms with van der Waals surface area (Å²) in [5.74, 6) is -1.18. The molecule has 0 saturated carbocycles. The first kappa shape index (κ1) is 10.3. The highest BCUT2D eigenvalue weighted by atomic mass is 79.9. The number of aryl methyl sites for hydroxylation is 1. The van der Waals surface area contributed by atoms with Crippen molar-refractivity contribution in [1.29, 1.82) is 0 Å². The third kappa shape index (κ3) is 1.56. The summed E-state index contributed by atoms with van der Waals surface area (Å²) in [6.07, 6.45) is 0. The third-order valence-corrected chi connectivity index (χ3v) is 2.66. The van der Waals surface area contributed by atoms with Gasteiger partial charge < -0.3 is 5.73 Å². The molecule has 0 amide bonds. The van der Waals surface area contributed by atoms with E-state index >= 15 is 0 Å². The van der Waals surface area contributed by atoms with Gasteiger partial charge in [0, 0.05) is 11.4 Å². The minimum Gasteiger partial charge on any atom is -0.398 e. The van der Waals surface area contributed by atoms with Crippen LogP contribution in [-0.4, -0.2) is 4.98 Å². The number of pyridine rings is 1. The summed E-state index contributed by atoms with van der Waals surface area (Å²) in [5.41, 5.74) is 6.34. The van der Waals surface area contributed by atoms with E-state index in [1.165, 1.54) is 6.07 Å². The number of anilines is 1. The largest absolute Gasteiger partial charge is 0.398 e. The Morgan fingerprint density at radius 3 is 2.67 bits per heavy atom. The van der Waals surface area contributed by atoms with Gasteiger partial charge in [0.1, 0.15) is 11.3 Å². The average Bonchev–Trinajstić information content (AvgIpc) is 2.13. The topological polar surface area (TPSA) is 38.9 Å². The number of halogens is 3. The van der Waals surface area contributed by atoms with E-state index in [1.807, 2.05) is 0 Å². The fourth-order valence-electron chi connectivity index (χ4n) is 1.46. The molecule has 2 rings (SSSR count). The Bertz CT molecular complexity index is 555. The third-order valence-electron chi connectivity index (χ3n) is 2.09. The Balaban J connectivity index is 3.03. The van der Waals surface area contributed by atoms with Gasteiger partial charge in [-0.05, 0) is 35.0 Å². The maximum absolute atomic E-state index is 13.6. The van der Waals surface area contributed by atoms with Crippen LogP contribution in [0.25, 0.3) is 10.9 Å². The lowest BCUT2D eigenvalue weighted by molar-refractivity contribution is 0.610. The first-order valence-corrected chi connectivity index (χ1v) is 5.00. The summed E-state index contributed by atoms with van der Waals surface area (Å²) in [7, 11) is 0. The molecule has 0 saturated heterocycles. The molecule has 0 aliphatic rings. The molecule has 0 bridgehead atoms. The summed E-state index contributed by atoms with van der Waals surface area (Å²) < 4.78 is 27.2. The summed E-state index contributed by atoms with van der Waals surface area (Å²) in [6, 6.07) is 2.56. The summed E-state index contributed by atoms with van der Waals surface area (Å²) >= 11 is 2.92. The Morgan fingerprint density at radius 2 is 2.00 bits per heavy atom. The number of hydrogen-bond acceptors (Lipinski definition) is 2. The maximum atomic E-state index is 13.6. The lowest BCUT2D eigenvalue weighted by Crippen LogP contribution is -1.97. The predicted molar refractivity (Wildman–Crippen MR) is 58.5 cm³/mol. The summed E-state index contributed by atoms with van der Waals surface area (Å²) in [4.78, 5) is 3.92. The molecule has 0 aliphatic heterocycles. The van der Waals surface area contributed by atoms with Gasteiger partial charge in [-0.25, -0.2) is 13.8 Å². The van der Waals surface area contributed by atoms with E-state index < -0.39 is 11.6 Å². The van der Waals surface area contributed by atoms with Crippen molar-refractivity contribution in [3.05, 3.63) is 33.9 Å². The molecule has 0 fully saturated rings. The fraction of sp³-hybridized carbons (Fsp3) is 0.100. The van der Waals surface area contributed by atoms with Crippen LogP contribution in [0.2, 0.25) is 0 Å². The second-order valence-corrected chi connectivity index (χ2v) is 4.09. The van der Waals surface area contributed by atoms with Gasteiger partial charge in [0.05, 0.1) is 9.86 Å². The highest BCUT2D eigenvalue weighted by Gasteiger charge is 2.14. The van der Waals surface area contributed by atoms with Gasteiger partial charge in [-0.2, -0.15) is 0 Å². The molecule has 15 heavy (non-hydrogen) atoms. The molecule has 78 valence electrons. The fourth-order valence-corrected chi connectivity index (χ4v) is 1.86. The molecule has 1 aromatic heterocycles. The van der Waals surface area contributed by atoms with Crippen molar-refractivity contribution < 1.29 is 8.78 Å². The van der Waals surface area contributed by atoms with Gasteiger partial charge in [-0.15, -0.1) is 0 Å². The van der Waals surface area contributed by atoms with Crippen molar-refractivity contribution in [2.75, 3.05) is 5.73 Å². The van der Waals surface area contributed by atoms with Crippen LogP contribution in [0, 0.1) is 18.6 Å². The molecule has 2 aromatic rings. The number of fused-ring (bicyclic) bond motifs is 1. The summed E-state index contributed by atoms with van der Waals surface area (Å²) in [6.45, 7) is 1.68. The number of aromatic nitrogens is 1. The van der Waals surface area contributed by atoms with Crippen LogP contribution < -0.4 is 5.73 Å². The molecule has 0 unspecified atom stereocenters. The number of nitrogens with two attached hydrogens (primary N) is 1. The maximum Gasteiger partial charge on any atom is 0.150 e. The van der Waals surface area contributed by atoms with Gasteiger partial charge in [0.15, 0.2) is 5.82 Å². The van der Waals surface area contributed by atoms with Crippen LogP contribution in [0.3, 0.4) is 0 Å². The van der Waals surface area contributed by atoms with Crippen molar-refractivity contribution in [1.82, 2.24) is 4.98 Å². The average molecular weight is 273 g/mol. The molecule has 1 heterocycles. The van der Waals surface area contributed by atoms with Gasteiger partial charge in [-0.3, -0.25) is 0 Å². The van der Waals surface area contributed by atoms with Crippen molar-refractivity contribution in [3.8, 4) is 0 Å². The van der Waals surface area contributed by atoms with E-state index in [2.05, 4.69) is 20.9 Å². The van der Waals surface area contributed by atoms with E-state index in [1.54, 1.807) is 6.92 Å². The minimum atomic E-state index is -0.589. The lowest BCUT2D eigenvalue weighted by Gasteiger charge is -2.06. The zero-order chi connectivity index (χ0) is 11.2. The Morgan fingerprint density at radius 1 is 1.33 bits per heavy atom. The van der Waals surface area contributed by atoms with Crippen LogP contribution in [0.15, 0.2) is 16.6 Å². The quantitative estimate of drug-likeness (QED) is 0.749. The zero-order valence-corrected chi connectivity index (χ0v) is 9.40. The zero-order valence-electron chi connectivity index (χ0n) is 7.81. The normalized spacial score (nSPS) is 10.9. The van der Waals surface area contributed by atoms with Gasteiger partial charge in [0.2, 0.25) is 0 Å². The van der Waals surface area contributed by atoms with E-state index in [0.717, 1.165) is 6.07 Å². The monoisotopic (exact) mass is 272 g/mol. The van der Waals surface area contributed by atoms with Crippen molar-refractivity contribution in [2.45, 2.75) is 6.92 Å². The van der Waals surface area contributed by atoms with Crippen LogP contribution in [-0.2, 0) is 0 Å². The first-order chi connectivity index (χ1) is 7.00.